The van der Waals surface area contributed by atoms with Crippen LogP contribution in [0.15, 0.2) is 12.3 Å². The first-order chi connectivity index (χ1) is 6.33. The third kappa shape index (κ3) is 1.48. The molecule has 2 heterocycles. The molecule has 0 aromatic carbocycles. The lowest BCUT2D eigenvalue weighted by molar-refractivity contribution is 1.09. The molecule has 2 aromatic heterocycles. The molecule has 0 radical (unpaired) electrons. The Morgan fingerprint density at radius 1 is 1.62 bits per heavy atom. The van der Waals surface area contributed by atoms with Gasteiger partial charge in [-0.25, -0.2) is 4.98 Å². The smallest absolute Gasteiger partial charge is 0.138 e. The van der Waals surface area contributed by atoms with Gasteiger partial charge in [-0.05, 0) is 35.6 Å². The molecular formula is C8H9IN4. The molecular weight excluding hydrogens is 279 g/mol. The molecule has 2 rings (SSSR count). The van der Waals surface area contributed by atoms with E-state index in [9.17, 15) is 0 Å². The van der Waals surface area contributed by atoms with Crippen LogP contribution in [-0.4, -0.2) is 21.7 Å². The Bertz CT molecular complexity index is 423. The van der Waals surface area contributed by atoms with Gasteiger partial charge in [-0.15, -0.1) is 0 Å². The highest BCUT2D eigenvalue weighted by atomic mass is 127. The van der Waals surface area contributed by atoms with Gasteiger partial charge in [-0.1, -0.05) is 0 Å². The largest absolute Gasteiger partial charge is 0.370 e. The van der Waals surface area contributed by atoms with Crippen molar-refractivity contribution in [3.05, 3.63) is 16.0 Å². The molecule has 0 aliphatic heterocycles. The van der Waals surface area contributed by atoms with E-state index in [2.05, 4.69) is 43.1 Å². The fraction of sp³-hybridized carbons (Fsp3) is 0.250. The van der Waals surface area contributed by atoms with Gasteiger partial charge in [0.05, 0.1) is 10.9 Å². The SMILES string of the molecule is CCNc1nccc2[nH]nc(I)c12. The second-order valence-electron chi connectivity index (χ2n) is 2.63. The predicted octanol–water partition coefficient (Wildman–Crippen LogP) is 1.99. The summed E-state index contributed by atoms with van der Waals surface area (Å²) in [6, 6.07) is 1.92. The van der Waals surface area contributed by atoms with Crippen molar-refractivity contribution in [3.8, 4) is 0 Å². The quantitative estimate of drug-likeness (QED) is 0.831. The number of nitrogens with zero attached hydrogens (tertiary/aromatic N) is 2. The molecule has 0 spiro atoms. The van der Waals surface area contributed by atoms with Gasteiger partial charge in [0, 0.05) is 12.7 Å². The standard InChI is InChI=1S/C8H9IN4/c1-2-10-8-6-5(3-4-11-8)12-13-7(6)9/h3-4H,2H2,1H3,(H,10,11)(H,12,13). The number of hydrogen-bond donors (Lipinski definition) is 2. The van der Waals surface area contributed by atoms with E-state index in [-0.39, 0.29) is 0 Å². The number of nitrogens with one attached hydrogen (secondary N) is 2. The van der Waals surface area contributed by atoms with E-state index in [0.29, 0.717) is 0 Å². The molecule has 0 aliphatic carbocycles. The topological polar surface area (TPSA) is 53.6 Å². The Labute approximate surface area is 89.3 Å². The summed E-state index contributed by atoms with van der Waals surface area (Å²) in [6.07, 6.45) is 1.77. The highest BCUT2D eigenvalue weighted by molar-refractivity contribution is 14.1. The van der Waals surface area contributed by atoms with E-state index in [1.54, 1.807) is 6.20 Å². The molecule has 0 unspecified atom stereocenters. The Hall–Kier alpha value is -0.850. The number of pyridine rings is 1. The normalized spacial score (nSPS) is 10.6. The minimum Gasteiger partial charge on any atom is -0.370 e. The third-order valence-electron chi connectivity index (χ3n) is 1.78. The molecule has 2 N–H and O–H groups in total. The lowest BCUT2D eigenvalue weighted by atomic mass is 10.3. The van der Waals surface area contributed by atoms with Gasteiger partial charge in [0.1, 0.15) is 9.52 Å². The Balaban J connectivity index is 2.65. The Morgan fingerprint density at radius 3 is 3.23 bits per heavy atom. The number of halogens is 1. The third-order valence-corrected chi connectivity index (χ3v) is 2.56. The van der Waals surface area contributed by atoms with Crippen LogP contribution in [0.3, 0.4) is 0 Å². The number of anilines is 1. The first-order valence-corrected chi connectivity index (χ1v) is 5.13. The summed E-state index contributed by atoms with van der Waals surface area (Å²) in [6.45, 7) is 2.92. The van der Waals surface area contributed by atoms with Crippen LogP contribution in [0.4, 0.5) is 5.82 Å². The summed E-state index contributed by atoms with van der Waals surface area (Å²) in [4.78, 5) is 4.25. The van der Waals surface area contributed by atoms with Crippen LogP contribution in [0.2, 0.25) is 0 Å². The van der Waals surface area contributed by atoms with E-state index in [4.69, 9.17) is 0 Å². The van der Waals surface area contributed by atoms with Gasteiger partial charge in [0.2, 0.25) is 0 Å². The summed E-state index contributed by atoms with van der Waals surface area (Å²) in [5.74, 6) is 0.901. The van der Waals surface area contributed by atoms with E-state index >= 15 is 0 Å². The zero-order valence-corrected chi connectivity index (χ0v) is 9.29. The molecule has 0 aliphatic rings. The van der Waals surface area contributed by atoms with Crippen molar-refractivity contribution in [2.24, 2.45) is 0 Å². The number of hydrogen-bond acceptors (Lipinski definition) is 3. The van der Waals surface area contributed by atoms with E-state index < -0.39 is 0 Å². The molecule has 68 valence electrons. The molecule has 0 amide bonds. The van der Waals surface area contributed by atoms with Crippen LogP contribution in [0, 0.1) is 3.70 Å². The molecule has 4 nitrogen and oxygen atoms in total. The number of aromatic nitrogens is 3. The maximum Gasteiger partial charge on any atom is 0.138 e. The van der Waals surface area contributed by atoms with Crippen LogP contribution >= 0.6 is 22.6 Å². The highest BCUT2D eigenvalue weighted by Gasteiger charge is 2.07. The van der Waals surface area contributed by atoms with Crippen molar-refractivity contribution >= 4 is 39.3 Å². The summed E-state index contributed by atoms with van der Waals surface area (Å²) in [5.41, 5.74) is 1.02. The van der Waals surface area contributed by atoms with Gasteiger partial charge < -0.3 is 5.32 Å². The molecule has 2 aromatic rings. The number of aromatic amines is 1. The van der Waals surface area contributed by atoms with Crippen molar-refractivity contribution in [3.63, 3.8) is 0 Å². The minimum atomic E-state index is 0.868. The maximum atomic E-state index is 4.25. The second kappa shape index (κ2) is 3.49. The second-order valence-corrected chi connectivity index (χ2v) is 3.65. The van der Waals surface area contributed by atoms with Crippen LogP contribution in [0.5, 0.6) is 0 Å². The minimum absolute atomic E-state index is 0.868. The van der Waals surface area contributed by atoms with Gasteiger partial charge in [-0.3, -0.25) is 5.10 Å². The summed E-state index contributed by atoms with van der Waals surface area (Å²) < 4.78 is 0.955. The molecule has 0 bridgehead atoms. The fourth-order valence-electron chi connectivity index (χ4n) is 1.23. The maximum absolute atomic E-state index is 4.25. The van der Waals surface area contributed by atoms with Gasteiger partial charge in [0.15, 0.2) is 0 Å². The molecule has 13 heavy (non-hydrogen) atoms. The fourth-order valence-corrected chi connectivity index (χ4v) is 1.90. The van der Waals surface area contributed by atoms with Crippen LogP contribution in [-0.2, 0) is 0 Å². The van der Waals surface area contributed by atoms with Crippen molar-refractivity contribution < 1.29 is 0 Å². The molecule has 0 atom stereocenters. The van der Waals surface area contributed by atoms with Crippen molar-refractivity contribution in [2.75, 3.05) is 11.9 Å². The zero-order valence-electron chi connectivity index (χ0n) is 7.13. The van der Waals surface area contributed by atoms with E-state index in [1.165, 1.54) is 0 Å². The van der Waals surface area contributed by atoms with E-state index in [0.717, 1.165) is 27.0 Å². The van der Waals surface area contributed by atoms with Crippen molar-refractivity contribution in [1.82, 2.24) is 15.2 Å². The van der Waals surface area contributed by atoms with Crippen LogP contribution in [0.1, 0.15) is 6.92 Å². The lowest BCUT2D eigenvalue weighted by Crippen LogP contribution is -1.99. The molecule has 0 saturated carbocycles. The predicted molar refractivity (Wildman–Crippen MR) is 60.8 cm³/mol. The Morgan fingerprint density at radius 2 is 2.46 bits per heavy atom. The summed E-state index contributed by atoms with van der Waals surface area (Å²) >= 11 is 2.20. The summed E-state index contributed by atoms with van der Waals surface area (Å²) in [5, 5.41) is 11.3. The number of rotatable bonds is 2. The van der Waals surface area contributed by atoms with Gasteiger partial charge in [-0.2, -0.15) is 5.10 Å². The molecule has 0 saturated heterocycles. The lowest BCUT2D eigenvalue weighted by Gasteiger charge is -2.02. The van der Waals surface area contributed by atoms with Gasteiger partial charge in [0.25, 0.3) is 0 Å². The average molecular weight is 288 g/mol. The Kier molecular flexibility index (Phi) is 2.34. The zero-order chi connectivity index (χ0) is 9.26. The number of H-pyrrole nitrogens is 1. The van der Waals surface area contributed by atoms with Crippen LogP contribution in [0.25, 0.3) is 10.9 Å². The first kappa shape index (κ1) is 8.74. The van der Waals surface area contributed by atoms with Gasteiger partial charge >= 0.3 is 0 Å². The van der Waals surface area contributed by atoms with Crippen molar-refractivity contribution in [2.45, 2.75) is 6.92 Å². The van der Waals surface area contributed by atoms with E-state index in [1.807, 2.05) is 13.0 Å². The average Bonchev–Trinajstić information content (AvgIpc) is 2.50. The summed E-state index contributed by atoms with van der Waals surface area (Å²) in [7, 11) is 0. The molecule has 5 heteroatoms. The van der Waals surface area contributed by atoms with Crippen molar-refractivity contribution in [1.29, 1.82) is 0 Å². The van der Waals surface area contributed by atoms with Crippen LogP contribution < -0.4 is 5.32 Å². The molecule has 0 fully saturated rings. The first-order valence-electron chi connectivity index (χ1n) is 4.05. The highest BCUT2D eigenvalue weighted by Crippen LogP contribution is 2.23. The number of fused-ring (bicyclic) bond motifs is 1. The monoisotopic (exact) mass is 288 g/mol.